The Hall–Kier alpha value is -1.79. The summed E-state index contributed by atoms with van der Waals surface area (Å²) in [5.41, 5.74) is 2.02. The summed E-state index contributed by atoms with van der Waals surface area (Å²) in [5.74, 6) is 0.245. The molecule has 0 fully saturated rings. The zero-order valence-electron chi connectivity index (χ0n) is 13.9. The molecule has 5 nitrogen and oxygen atoms in total. The molecule has 0 bridgehead atoms. The third-order valence-corrected chi connectivity index (χ3v) is 4.11. The molecule has 24 heavy (non-hydrogen) atoms. The van der Waals surface area contributed by atoms with Gasteiger partial charge in [-0.15, -0.1) is 0 Å². The van der Waals surface area contributed by atoms with Crippen molar-refractivity contribution in [3.05, 3.63) is 40.1 Å². The summed E-state index contributed by atoms with van der Waals surface area (Å²) in [6, 6.07) is 4.80. The minimum absolute atomic E-state index is 0.297. The van der Waals surface area contributed by atoms with E-state index in [1.807, 2.05) is 6.92 Å². The number of hydrogen-bond acceptors (Lipinski definition) is 4. The van der Waals surface area contributed by atoms with E-state index >= 15 is 0 Å². The lowest BCUT2D eigenvalue weighted by atomic mass is 9.93. The van der Waals surface area contributed by atoms with Gasteiger partial charge in [0.1, 0.15) is 5.75 Å². The molecule has 1 aromatic rings. The maximum Gasteiger partial charge on any atom is 0.338 e. The van der Waals surface area contributed by atoms with Crippen molar-refractivity contribution in [3.8, 4) is 5.75 Å². The number of hydrogen-bond donors (Lipinski definition) is 2. The van der Waals surface area contributed by atoms with Crippen molar-refractivity contribution in [1.82, 2.24) is 10.6 Å². The molecule has 0 spiro atoms. The largest absolute Gasteiger partial charge is 0.496 e. The summed E-state index contributed by atoms with van der Waals surface area (Å²) < 4.78 is 10.7. The van der Waals surface area contributed by atoms with Crippen LogP contribution >= 0.6 is 23.8 Å². The van der Waals surface area contributed by atoms with Gasteiger partial charge in [-0.05, 0) is 43.8 Å². The Morgan fingerprint density at radius 2 is 2.12 bits per heavy atom. The van der Waals surface area contributed by atoms with Crippen LogP contribution in [-0.2, 0) is 9.53 Å². The van der Waals surface area contributed by atoms with E-state index in [2.05, 4.69) is 10.6 Å². The van der Waals surface area contributed by atoms with Crippen molar-refractivity contribution in [2.75, 3.05) is 13.7 Å². The molecule has 2 rings (SSSR count). The Labute approximate surface area is 152 Å². The highest BCUT2D eigenvalue weighted by Gasteiger charge is 2.33. The second-order valence-electron chi connectivity index (χ2n) is 5.28. The van der Waals surface area contributed by atoms with E-state index in [0.717, 1.165) is 17.7 Å². The van der Waals surface area contributed by atoms with E-state index in [9.17, 15) is 4.79 Å². The normalized spacial score (nSPS) is 17.2. The molecule has 0 aliphatic carbocycles. The average Bonchev–Trinajstić information content (AvgIpc) is 2.54. The first-order valence-corrected chi connectivity index (χ1v) is 8.61. The zero-order chi connectivity index (χ0) is 17.7. The topological polar surface area (TPSA) is 59.6 Å². The molecule has 1 aliphatic rings. The number of esters is 1. The van der Waals surface area contributed by atoms with E-state index in [0.29, 0.717) is 34.5 Å². The number of carbonyl (C=O) groups excluding carboxylic acids is 1. The van der Waals surface area contributed by atoms with Gasteiger partial charge in [0, 0.05) is 16.3 Å². The van der Waals surface area contributed by atoms with Crippen LogP contribution in [0.4, 0.5) is 0 Å². The minimum Gasteiger partial charge on any atom is -0.496 e. The van der Waals surface area contributed by atoms with Gasteiger partial charge < -0.3 is 20.1 Å². The summed E-state index contributed by atoms with van der Waals surface area (Å²) in [5, 5.41) is 7.23. The summed E-state index contributed by atoms with van der Waals surface area (Å²) in [4.78, 5) is 12.6. The Morgan fingerprint density at radius 1 is 1.38 bits per heavy atom. The number of ether oxygens (including phenoxy) is 2. The number of rotatable bonds is 6. The number of halogens is 1. The maximum atomic E-state index is 12.6. The van der Waals surface area contributed by atoms with E-state index in [-0.39, 0.29) is 5.97 Å². The van der Waals surface area contributed by atoms with Crippen LogP contribution in [0.15, 0.2) is 29.5 Å². The Balaban J connectivity index is 2.59. The maximum absolute atomic E-state index is 12.6. The molecule has 1 heterocycles. The highest BCUT2D eigenvalue weighted by molar-refractivity contribution is 7.80. The molecule has 0 aromatic heterocycles. The fourth-order valence-corrected chi connectivity index (χ4v) is 3.10. The lowest BCUT2D eigenvalue weighted by molar-refractivity contribution is -0.139. The number of carbonyl (C=O) groups is 1. The quantitative estimate of drug-likeness (QED) is 0.592. The van der Waals surface area contributed by atoms with Crippen LogP contribution in [0.25, 0.3) is 0 Å². The lowest BCUT2D eigenvalue weighted by Crippen LogP contribution is -2.45. The molecule has 2 N–H and O–H groups in total. The van der Waals surface area contributed by atoms with Crippen molar-refractivity contribution in [2.24, 2.45) is 0 Å². The Bertz CT molecular complexity index is 676. The van der Waals surface area contributed by atoms with Gasteiger partial charge in [0.15, 0.2) is 5.11 Å². The van der Waals surface area contributed by atoms with Crippen molar-refractivity contribution < 1.29 is 14.3 Å². The van der Waals surface area contributed by atoms with Crippen LogP contribution in [0.1, 0.15) is 38.3 Å². The van der Waals surface area contributed by atoms with Crippen LogP contribution in [-0.4, -0.2) is 24.8 Å². The van der Waals surface area contributed by atoms with E-state index in [4.69, 9.17) is 33.3 Å². The summed E-state index contributed by atoms with van der Waals surface area (Å²) in [7, 11) is 1.58. The van der Waals surface area contributed by atoms with Crippen molar-refractivity contribution in [3.63, 3.8) is 0 Å². The molecule has 1 atom stereocenters. The van der Waals surface area contributed by atoms with Gasteiger partial charge in [0.2, 0.25) is 0 Å². The van der Waals surface area contributed by atoms with Gasteiger partial charge in [-0.3, -0.25) is 0 Å². The Kier molecular flexibility index (Phi) is 6.45. The predicted molar refractivity (Wildman–Crippen MR) is 98.2 cm³/mol. The first kappa shape index (κ1) is 18.5. The molecule has 0 saturated carbocycles. The monoisotopic (exact) mass is 368 g/mol. The lowest BCUT2D eigenvalue weighted by Gasteiger charge is -2.31. The molecule has 130 valence electrons. The van der Waals surface area contributed by atoms with Crippen LogP contribution in [0.5, 0.6) is 5.75 Å². The molecule has 0 saturated heterocycles. The summed E-state index contributed by atoms with van der Waals surface area (Å²) in [6.07, 6.45) is 1.56. The minimum atomic E-state index is -0.479. The van der Waals surface area contributed by atoms with Gasteiger partial charge in [-0.1, -0.05) is 24.9 Å². The van der Waals surface area contributed by atoms with Gasteiger partial charge in [0.25, 0.3) is 0 Å². The highest BCUT2D eigenvalue weighted by Crippen LogP contribution is 2.36. The Morgan fingerprint density at radius 3 is 2.75 bits per heavy atom. The molecule has 0 unspecified atom stereocenters. The first-order valence-electron chi connectivity index (χ1n) is 7.82. The molecule has 1 aromatic carbocycles. The van der Waals surface area contributed by atoms with Crippen LogP contribution < -0.4 is 15.4 Å². The van der Waals surface area contributed by atoms with Crippen LogP contribution in [0.2, 0.25) is 5.02 Å². The van der Waals surface area contributed by atoms with Crippen molar-refractivity contribution in [2.45, 2.75) is 32.7 Å². The first-order chi connectivity index (χ1) is 11.5. The van der Waals surface area contributed by atoms with E-state index < -0.39 is 6.04 Å². The van der Waals surface area contributed by atoms with Crippen LogP contribution in [0, 0.1) is 0 Å². The summed E-state index contributed by atoms with van der Waals surface area (Å²) in [6.45, 7) is 4.12. The third-order valence-electron chi connectivity index (χ3n) is 3.65. The average molecular weight is 369 g/mol. The second kappa shape index (κ2) is 8.35. The predicted octanol–water partition coefficient (Wildman–Crippen LogP) is 3.48. The van der Waals surface area contributed by atoms with Crippen molar-refractivity contribution in [1.29, 1.82) is 0 Å². The number of methoxy groups -OCH3 is 1. The number of allylic oxidation sites excluding steroid dienone is 1. The fraction of sp³-hybridized carbons (Fsp3) is 0.412. The van der Waals surface area contributed by atoms with E-state index in [1.54, 1.807) is 32.2 Å². The number of benzene rings is 1. The second-order valence-corrected chi connectivity index (χ2v) is 6.13. The van der Waals surface area contributed by atoms with Gasteiger partial charge in [0.05, 0.1) is 25.3 Å². The zero-order valence-corrected chi connectivity index (χ0v) is 15.5. The molecule has 0 amide bonds. The number of thiocarbonyl (C=S) groups is 1. The van der Waals surface area contributed by atoms with E-state index in [1.165, 1.54) is 0 Å². The fourth-order valence-electron chi connectivity index (χ4n) is 2.68. The van der Waals surface area contributed by atoms with Crippen molar-refractivity contribution >= 4 is 34.9 Å². The molecule has 0 radical (unpaired) electrons. The molecule has 7 heteroatoms. The standard InChI is InChI=1S/C17H21ClN2O3S/c1-4-6-12-14(16(21)23-5-2)15(20-17(24)19-12)11-9-10(18)7-8-13(11)22-3/h7-9,15H,4-6H2,1-3H3,(H2,19,20,24)/t15-/m1/s1. The molecule has 1 aliphatic heterocycles. The van der Waals surface area contributed by atoms with Gasteiger partial charge >= 0.3 is 5.97 Å². The molecular formula is C17H21ClN2O3S. The van der Waals surface area contributed by atoms with Crippen LogP contribution in [0.3, 0.4) is 0 Å². The van der Waals surface area contributed by atoms with Gasteiger partial charge in [-0.2, -0.15) is 0 Å². The smallest absolute Gasteiger partial charge is 0.338 e. The SMILES string of the molecule is CCCC1=C(C(=O)OCC)[C@@H](c2cc(Cl)ccc2OC)NC(=S)N1. The number of nitrogens with one attached hydrogen (secondary N) is 2. The summed E-state index contributed by atoms with van der Waals surface area (Å²) >= 11 is 11.5. The highest BCUT2D eigenvalue weighted by atomic mass is 35.5. The third kappa shape index (κ3) is 3.99. The molecular weight excluding hydrogens is 348 g/mol. The van der Waals surface area contributed by atoms with Gasteiger partial charge in [-0.25, -0.2) is 4.79 Å².